The zero-order chi connectivity index (χ0) is 24.7. The third-order valence-corrected chi connectivity index (χ3v) is 5.62. The first-order valence-corrected chi connectivity index (χ1v) is 11.9. The number of likely N-dealkylation sites (tertiary alicyclic amines) is 1. The Morgan fingerprint density at radius 2 is 1.50 bits per heavy atom. The summed E-state index contributed by atoms with van der Waals surface area (Å²) in [7, 11) is 0. The third-order valence-electron chi connectivity index (χ3n) is 5.62. The number of hydrogen-bond acceptors (Lipinski definition) is 6. The van der Waals surface area contributed by atoms with Gasteiger partial charge < -0.3 is 24.2 Å². The van der Waals surface area contributed by atoms with Gasteiger partial charge in [-0.15, -0.1) is 0 Å². The molecular formula is C27H33NO6. The molecule has 0 aliphatic carbocycles. The van der Waals surface area contributed by atoms with Gasteiger partial charge >= 0.3 is 0 Å². The summed E-state index contributed by atoms with van der Waals surface area (Å²) < 4.78 is 16.8. The van der Waals surface area contributed by atoms with Gasteiger partial charge in [0.05, 0.1) is 37.0 Å². The lowest BCUT2D eigenvalue weighted by Crippen LogP contribution is -2.30. The van der Waals surface area contributed by atoms with Crippen molar-refractivity contribution in [3.63, 3.8) is 0 Å². The molecule has 0 radical (unpaired) electrons. The van der Waals surface area contributed by atoms with Crippen LogP contribution in [0.2, 0.25) is 0 Å². The van der Waals surface area contributed by atoms with Gasteiger partial charge in [-0.1, -0.05) is 25.5 Å². The van der Waals surface area contributed by atoms with Gasteiger partial charge in [0.2, 0.25) is 0 Å². The summed E-state index contributed by atoms with van der Waals surface area (Å²) >= 11 is 0. The number of amides is 1. The predicted molar refractivity (Wildman–Crippen MR) is 130 cm³/mol. The lowest BCUT2D eigenvalue weighted by atomic mass is 9.94. The predicted octanol–water partition coefficient (Wildman–Crippen LogP) is 5.10. The first kappa shape index (κ1) is 25.1. The van der Waals surface area contributed by atoms with E-state index < -0.39 is 17.7 Å². The van der Waals surface area contributed by atoms with Gasteiger partial charge in [0.15, 0.2) is 0 Å². The number of rotatable bonds is 11. The molecule has 0 spiro atoms. The molecule has 1 unspecified atom stereocenters. The molecule has 3 rings (SSSR count). The number of aliphatic hydroxyl groups is 1. The zero-order valence-corrected chi connectivity index (χ0v) is 20.3. The monoisotopic (exact) mass is 467 g/mol. The van der Waals surface area contributed by atoms with Gasteiger partial charge in [-0.2, -0.15) is 0 Å². The van der Waals surface area contributed by atoms with Gasteiger partial charge in [0, 0.05) is 12.6 Å². The first-order valence-electron chi connectivity index (χ1n) is 11.9. The van der Waals surface area contributed by atoms with E-state index in [2.05, 4.69) is 0 Å². The van der Waals surface area contributed by atoms with Crippen molar-refractivity contribution in [3.05, 3.63) is 59.2 Å². The molecule has 182 valence electrons. The van der Waals surface area contributed by atoms with Crippen molar-refractivity contribution in [1.29, 1.82) is 0 Å². The SMILES string of the molecule is CCCCN1C(=O)C(=O)/C(=C(\O)c2ccc(OCC)cc2OCC)C1c1ccc(OCC)cc1. The van der Waals surface area contributed by atoms with Crippen molar-refractivity contribution in [2.24, 2.45) is 0 Å². The molecule has 7 nitrogen and oxygen atoms in total. The van der Waals surface area contributed by atoms with Crippen LogP contribution in [0.25, 0.3) is 5.76 Å². The average Bonchev–Trinajstić information content (AvgIpc) is 3.08. The second kappa shape index (κ2) is 11.6. The molecular weight excluding hydrogens is 434 g/mol. The number of ether oxygens (including phenoxy) is 3. The molecule has 7 heteroatoms. The van der Waals surface area contributed by atoms with Crippen molar-refractivity contribution in [1.82, 2.24) is 4.90 Å². The smallest absolute Gasteiger partial charge is 0.295 e. The molecule has 1 saturated heterocycles. The minimum Gasteiger partial charge on any atom is -0.507 e. The normalized spacial score (nSPS) is 17.2. The highest BCUT2D eigenvalue weighted by atomic mass is 16.5. The number of Topliss-reactive ketones (excluding diaryl/α,β-unsaturated/α-hetero) is 1. The fourth-order valence-electron chi connectivity index (χ4n) is 4.07. The van der Waals surface area contributed by atoms with Crippen molar-refractivity contribution >= 4 is 17.4 Å². The van der Waals surface area contributed by atoms with Crippen LogP contribution in [0.5, 0.6) is 17.2 Å². The lowest BCUT2D eigenvalue weighted by molar-refractivity contribution is -0.139. The van der Waals surface area contributed by atoms with E-state index in [9.17, 15) is 14.7 Å². The molecule has 2 aromatic rings. The van der Waals surface area contributed by atoms with Crippen molar-refractivity contribution in [2.75, 3.05) is 26.4 Å². The fraction of sp³-hybridized carbons (Fsp3) is 0.407. The van der Waals surface area contributed by atoms with Crippen LogP contribution in [0.15, 0.2) is 48.0 Å². The van der Waals surface area contributed by atoms with Crippen LogP contribution < -0.4 is 14.2 Å². The van der Waals surface area contributed by atoms with E-state index in [1.807, 2.05) is 39.8 Å². The van der Waals surface area contributed by atoms with E-state index in [4.69, 9.17) is 14.2 Å². The maximum atomic E-state index is 13.2. The topological polar surface area (TPSA) is 85.3 Å². The number of hydrogen-bond donors (Lipinski definition) is 1. The van der Waals surface area contributed by atoms with Gasteiger partial charge in [-0.05, 0) is 57.0 Å². The molecule has 1 amide bonds. The van der Waals surface area contributed by atoms with Crippen molar-refractivity contribution in [2.45, 2.75) is 46.6 Å². The lowest BCUT2D eigenvalue weighted by Gasteiger charge is -2.25. The Bertz CT molecular complexity index is 1040. The van der Waals surface area contributed by atoms with Crippen molar-refractivity contribution < 1.29 is 28.9 Å². The quantitative estimate of drug-likeness (QED) is 0.281. The first-order chi connectivity index (χ1) is 16.5. The van der Waals surface area contributed by atoms with Crippen LogP contribution in [0.3, 0.4) is 0 Å². The second-order valence-corrected chi connectivity index (χ2v) is 7.87. The van der Waals surface area contributed by atoms with E-state index in [1.54, 1.807) is 35.2 Å². The molecule has 1 heterocycles. The summed E-state index contributed by atoms with van der Waals surface area (Å²) in [5, 5.41) is 11.4. The molecule has 1 fully saturated rings. The largest absolute Gasteiger partial charge is 0.507 e. The molecule has 0 bridgehead atoms. The number of nitrogens with zero attached hydrogens (tertiary/aromatic N) is 1. The Labute approximate surface area is 200 Å². The summed E-state index contributed by atoms with van der Waals surface area (Å²) in [6, 6.07) is 11.6. The summed E-state index contributed by atoms with van der Waals surface area (Å²) in [5.41, 5.74) is 1.12. The minimum atomic E-state index is -0.705. The van der Waals surface area contributed by atoms with Crippen LogP contribution in [-0.4, -0.2) is 48.1 Å². The summed E-state index contributed by atoms with van der Waals surface area (Å²) in [6.07, 6.45) is 1.61. The Balaban J connectivity index is 2.15. The second-order valence-electron chi connectivity index (χ2n) is 7.87. The van der Waals surface area contributed by atoms with Crippen LogP contribution in [0.4, 0.5) is 0 Å². The number of benzene rings is 2. The molecule has 0 saturated carbocycles. The van der Waals surface area contributed by atoms with E-state index in [1.165, 1.54) is 0 Å². The van der Waals surface area contributed by atoms with E-state index in [0.717, 1.165) is 18.4 Å². The molecule has 1 atom stereocenters. The maximum Gasteiger partial charge on any atom is 0.295 e. The Morgan fingerprint density at radius 1 is 0.882 bits per heavy atom. The minimum absolute atomic E-state index is 0.0513. The number of ketones is 1. The van der Waals surface area contributed by atoms with Crippen molar-refractivity contribution in [3.8, 4) is 17.2 Å². The van der Waals surface area contributed by atoms with Crippen LogP contribution in [0.1, 0.15) is 57.7 Å². The molecule has 1 aliphatic rings. The molecule has 1 aliphatic heterocycles. The average molecular weight is 468 g/mol. The number of aliphatic hydroxyl groups excluding tert-OH is 1. The number of unbranched alkanes of at least 4 members (excludes halogenated alkanes) is 1. The van der Waals surface area contributed by atoms with E-state index in [0.29, 0.717) is 49.2 Å². The van der Waals surface area contributed by atoms with Crippen LogP contribution >= 0.6 is 0 Å². The summed E-state index contributed by atoms with van der Waals surface area (Å²) in [5.74, 6) is 0.0938. The highest BCUT2D eigenvalue weighted by Crippen LogP contribution is 2.42. The zero-order valence-electron chi connectivity index (χ0n) is 20.3. The van der Waals surface area contributed by atoms with Gasteiger partial charge in [-0.3, -0.25) is 9.59 Å². The highest BCUT2D eigenvalue weighted by Gasteiger charge is 2.46. The van der Waals surface area contributed by atoms with Gasteiger partial charge in [-0.25, -0.2) is 0 Å². The molecule has 0 aromatic heterocycles. The van der Waals surface area contributed by atoms with Gasteiger partial charge in [0.25, 0.3) is 11.7 Å². The fourth-order valence-corrected chi connectivity index (χ4v) is 4.07. The molecule has 34 heavy (non-hydrogen) atoms. The maximum absolute atomic E-state index is 13.2. The standard InChI is InChI=1S/C27H33NO6/c1-5-9-16-28-24(18-10-12-19(13-11-18)32-6-2)23(26(30)27(28)31)25(29)21-15-14-20(33-7-3)17-22(21)34-8-4/h10-15,17,24,29H,5-9,16H2,1-4H3/b25-23-. The Morgan fingerprint density at radius 3 is 2.12 bits per heavy atom. The van der Waals surface area contributed by atoms with Gasteiger partial charge in [0.1, 0.15) is 23.0 Å². The number of carbonyl (C=O) groups is 2. The van der Waals surface area contributed by atoms with E-state index >= 15 is 0 Å². The highest BCUT2D eigenvalue weighted by molar-refractivity contribution is 6.46. The molecule has 2 aromatic carbocycles. The van der Waals surface area contributed by atoms with Crippen LogP contribution in [0, 0.1) is 0 Å². The van der Waals surface area contributed by atoms with E-state index in [-0.39, 0.29) is 11.3 Å². The van der Waals surface area contributed by atoms with Crippen LogP contribution in [-0.2, 0) is 9.59 Å². The summed E-state index contributed by atoms with van der Waals surface area (Å²) in [6.45, 7) is 9.44. The number of carbonyl (C=O) groups excluding carboxylic acids is 2. The third kappa shape index (κ3) is 5.19. The summed E-state index contributed by atoms with van der Waals surface area (Å²) in [4.78, 5) is 27.7. The molecule has 1 N–H and O–H groups in total. The Kier molecular flexibility index (Phi) is 8.57. The Hall–Kier alpha value is -3.48.